The number of nitrogens with two attached hydrogens (primary N) is 1. The zero-order chi connectivity index (χ0) is 13.0. The first kappa shape index (κ1) is 14.3. The normalized spacial score (nSPS) is 32.8. The van der Waals surface area contributed by atoms with Gasteiger partial charge in [0, 0.05) is 13.2 Å². The molecule has 3 nitrogen and oxygen atoms in total. The minimum atomic E-state index is 0.135. The summed E-state index contributed by atoms with van der Waals surface area (Å²) >= 11 is 0. The molecule has 3 heteroatoms. The third-order valence-corrected chi connectivity index (χ3v) is 5.47. The fourth-order valence-electron chi connectivity index (χ4n) is 3.89. The van der Waals surface area contributed by atoms with Gasteiger partial charge < -0.3 is 4.74 Å². The Kier molecular flexibility index (Phi) is 5.05. The molecule has 0 bridgehead atoms. The van der Waals surface area contributed by atoms with Crippen molar-refractivity contribution in [1.82, 2.24) is 5.43 Å². The van der Waals surface area contributed by atoms with Crippen LogP contribution in [-0.4, -0.2) is 18.8 Å². The molecule has 0 spiro atoms. The van der Waals surface area contributed by atoms with Crippen molar-refractivity contribution in [1.29, 1.82) is 0 Å². The van der Waals surface area contributed by atoms with Crippen LogP contribution in [0.2, 0.25) is 0 Å². The molecule has 3 N–H and O–H groups in total. The molecule has 2 rings (SSSR count). The molecule has 18 heavy (non-hydrogen) atoms. The molecule has 2 saturated carbocycles. The molecule has 0 radical (unpaired) electrons. The van der Waals surface area contributed by atoms with E-state index in [0.29, 0.717) is 6.04 Å². The molecule has 3 unspecified atom stereocenters. The van der Waals surface area contributed by atoms with E-state index >= 15 is 0 Å². The Morgan fingerprint density at radius 3 is 2.61 bits per heavy atom. The van der Waals surface area contributed by atoms with E-state index in [0.717, 1.165) is 18.3 Å². The first-order valence-corrected chi connectivity index (χ1v) is 7.74. The van der Waals surface area contributed by atoms with Gasteiger partial charge in [0.15, 0.2) is 0 Å². The fourth-order valence-corrected chi connectivity index (χ4v) is 3.89. The molecule has 0 aromatic carbocycles. The van der Waals surface area contributed by atoms with Gasteiger partial charge in [0.2, 0.25) is 0 Å². The van der Waals surface area contributed by atoms with Gasteiger partial charge in [-0.15, -0.1) is 0 Å². The van der Waals surface area contributed by atoms with E-state index < -0.39 is 0 Å². The van der Waals surface area contributed by atoms with Crippen molar-refractivity contribution in [2.24, 2.45) is 17.7 Å². The number of hydrogen-bond donors (Lipinski definition) is 2. The minimum absolute atomic E-state index is 0.135. The number of ether oxygens (including phenoxy) is 1. The maximum Gasteiger partial charge on any atom is 0.0694 e. The summed E-state index contributed by atoms with van der Waals surface area (Å²) in [5.74, 6) is 7.49. The molecule has 3 atom stereocenters. The lowest BCUT2D eigenvalue weighted by atomic mass is 9.70. The van der Waals surface area contributed by atoms with E-state index in [2.05, 4.69) is 12.3 Å². The van der Waals surface area contributed by atoms with Crippen LogP contribution in [0.5, 0.6) is 0 Å². The van der Waals surface area contributed by atoms with Gasteiger partial charge >= 0.3 is 0 Å². The Morgan fingerprint density at radius 1 is 1.33 bits per heavy atom. The molecule has 106 valence electrons. The summed E-state index contributed by atoms with van der Waals surface area (Å²) in [5, 5.41) is 0. The smallest absolute Gasteiger partial charge is 0.0694 e. The highest BCUT2D eigenvalue weighted by Crippen LogP contribution is 2.42. The summed E-state index contributed by atoms with van der Waals surface area (Å²) in [6.07, 6.45) is 11.6. The molecular weight excluding hydrogens is 224 g/mol. The van der Waals surface area contributed by atoms with E-state index in [1.165, 1.54) is 51.4 Å². The summed E-state index contributed by atoms with van der Waals surface area (Å²) in [7, 11) is 1.86. The first-order chi connectivity index (χ1) is 8.73. The highest BCUT2D eigenvalue weighted by Gasteiger charge is 2.41. The molecule has 0 aliphatic heterocycles. The van der Waals surface area contributed by atoms with Crippen molar-refractivity contribution in [3.05, 3.63) is 0 Å². The summed E-state index contributed by atoms with van der Waals surface area (Å²) in [6, 6.07) is 0.444. The highest BCUT2D eigenvalue weighted by atomic mass is 16.5. The van der Waals surface area contributed by atoms with Crippen LogP contribution in [-0.2, 0) is 4.74 Å². The van der Waals surface area contributed by atoms with Gasteiger partial charge in [-0.05, 0) is 50.4 Å². The number of hydrogen-bond acceptors (Lipinski definition) is 3. The van der Waals surface area contributed by atoms with Gasteiger partial charge in [-0.2, -0.15) is 0 Å². The number of nitrogens with one attached hydrogen (secondary N) is 1. The van der Waals surface area contributed by atoms with Gasteiger partial charge in [-0.25, -0.2) is 0 Å². The monoisotopic (exact) mass is 254 g/mol. The van der Waals surface area contributed by atoms with E-state index in [1.807, 2.05) is 7.11 Å². The number of rotatable bonds is 6. The molecule has 0 aromatic rings. The fraction of sp³-hybridized carbons (Fsp3) is 1.00. The second-order valence-corrected chi connectivity index (χ2v) is 6.42. The predicted molar refractivity (Wildman–Crippen MR) is 75.1 cm³/mol. The first-order valence-electron chi connectivity index (χ1n) is 7.74. The summed E-state index contributed by atoms with van der Waals surface area (Å²) < 4.78 is 5.75. The molecule has 0 heterocycles. The zero-order valence-electron chi connectivity index (χ0n) is 12.1. The summed E-state index contributed by atoms with van der Waals surface area (Å²) in [6.45, 7) is 2.32. The predicted octanol–water partition coefficient (Wildman–Crippen LogP) is 2.99. The number of methoxy groups -OCH3 is 1. The van der Waals surface area contributed by atoms with Gasteiger partial charge in [-0.1, -0.05) is 26.2 Å². The molecule has 2 fully saturated rings. The van der Waals surface area contributed by atoms with Crippen molar-refractivity contribution >= 4 is 0 Å². The zero-order valence-corrected chi connectivity index (χ0v) is 12.1. The Bertz CT molecular complexity index is 247. The Balaban J connectivity index is 1.91. The average molecular weight is 254 g/mol. The maximum atomic E-state index is 5.83. The Labute approximate surface area is 112 Å². The van der Waals surface area contributed by atoms with Crippen molar-refractivity contribution in [2.75, 3.05) is 7.11 Å². The Hall–Kier alpha value is -0.120. The van der Waals surface area contributed by atoms with Gasteiger partial charge in [0.25, 0.3) is 0 Å². The molecular formula is C15H30N2O. The Morgan fingerprint density at radius 2 is 2.11 bits per heavy atom. The van der Waals surface area contributed by atoms with Crippen molar-refractivity contribution in [3.63, 3.8) is 0 Å². The molecule has 0 saturated heterocycles. The highest BCUT2D eigenvalue weighted by molar-refractivity contribution is 4.95. The van der Waals surface area contributed by atoms with Crippen LogP contribution in [0.4, 0.5) is 0 Å². The lowest BCUT2D eigenvalue weighted by Crippen LogP contribution is -2.51. The topological polar surface area (TPSA) is 47.3 Å². The van der Waals surface area contributed by atoms with Crippen LogP contribution < -0.4 is 11.3 Å². The van der Waals surface area contributed by atoms with Crippen LogP contribution in [0.3, 0.4) is 0 Å². The van der Waals surface area contributed by atoms with Crippen LogP contribution in [0.15, 0.2) is 0 Å². The van der Waals surface area contributed by atoms with E-state index in [1.54, 1.807) is 0 Å². The van der Waals surface area contributed by atoms with E-state index in [-0.39, 0.29) is 5.60 Å². The summed E-state index contributed by atoms with van der Waals surface area (Å²) in [4.78, 5) is 0. The lowest BCUT2D eigenvalue weighted by Gasteiger charge is -2.45. The number of hydrazine groups is 1. The molecule has 2 aliphatic carbocycles. The average Bonchev–Trinajstić information content (AvgIpc) is 2.38. The van der Waals surface area contributed by atoms with Gasteiger partial charge in [0.1, 0.15) is 0 Å². The van der Waals surface area contributed by atoms with Gasteiger partial charge in [0.05, 0.1) is 5.60 Å². The largest absolute Gasteiger partial charge is 0.378 e. The molecule has 2 aliphatic rings. The van der Waals surface area contributed by atoms with Crippen molar-refractivity contribution in [3.8, 4) is 0 Å². The minimum Gasteiger partial charge on any atom is -0.378 e. The van der Waals surface area contributed by atoms with E-state index in [4.69, 9.17) is 10.6 Å². The van der Waals surface area contributed by atoms with Crippen LogP contribution in [0.1, 0.15) is 64.7 Å². The molecule has 0 aromatic heterocycles. The third kappa shape index (κ3) is 3.06. The van der Waals surface area contributed by atoms with E-state index in [9.17, 15) is 0 Å². The summed E-state index contributed by atoms with van der Waals surface area (Å²) in [5.41, 5.74) is 3.23. The second-order valence-electron chi connectivity index (χ2n) is 6.42. The van der Waals surface area contributed by atoms with Crippen LogP contribution in [0, 0.1) is 11.8 Å². The lowest BCUT2D eigenvalue weighted by molar-refractivity contribution is -0.0885. The van der Waals surface area contributed by atoms with Crippen molar-refractivity contribution in [2.45, 2.75) is 76.4 Å². The standard InChI is InChI=1S/C15H30N2O/c1-3-12-6-4-7-13(10-12)14(17-16)11-15(18-2)8-5-9-15/h12-14,17H,3-11,16H2,1-2H3. The SMILES string of the molecule is CCC1CCCC(C(CC2(OC)CCC2)NN)C1. The van der Waals surface area contributed by atoms with Crippen LogP contribution in [0.25, 0.3) is 0 Å². The third-order valence-electron chi connectivity index (χ3n) is 5.47. The van der Waals surface area contributed by atoms with Crippen LogP contribution >= 0.6 is 0 Å². The quantitative estimate of drug-likeness (QED) is 0.566. The molecule has 0 amide bonds. The maximum absolute atomic E-state index is 5.83. The second kappa shape index (κ2) is 6.36. The van der Waals surface area contributed by atoms with Gasteiger partial charge in [-0.3, -0.25) is 11.3 Å². The van der Waals surface area contributed by atoms with Crippen molar-refractivity contribution < 1.29 is 4.74 Å².